The van der Waals surface area contributed by atoms with Crippen molar-refractivity contribution in [2.45, 2.75) is 25.8 Å². The molecule has 1 unspecified atom stereocenters. The summed E-state index contributed by atoms with van der Waals surface area (Å²) in [6.07, 6.45) is 0. The molecule has 1 aliphatic rings. The summed E-state index contributed by atoms with van der Waals surface area (Å²) in [5, 5.41) is 4.56. The average molecular weight is 494 g/mol. The Morgan fingerprint density at radius 1 is 0.973 bits per heavy atom. The normalized spacial score (nSPS) is 15.4. The highest BCUT2D eigenvalue weighted by atomic mass is 16.5. The lowest BCUT2D eigenvalue weighted by atomic mass is 9.92. The lowest BCUT2D eigenvalue weighted by Gasteiger charge is -2.26. The van der Waals surface area contributed by atoms with Crippen LogP contribution >= 0.6 is 0 Å². The molecule has 4 aromatic rings. The summed E-state index contributed by atoms with van der Waals surface area (Å²) < 4.78 is 5.76. The number of nitrogen functional groups attached to an aromatic ring is 1. The Bertz CT molecular complexity index is 1530. The molecule has 7 nitrogen and oxygen atoms in total. The van der Waals surface area contributed by atoms with Crippen molar-refractivity contribution >= 4 is 39.9 Å². The summed E-state index contributed by atoms with van der Waals surface area (Å²) in [6.45, 7) is 3.05. The van der Waals surface area contributed by atoms with Gasteiger partial charge in [0.25, 0.3) is 11.8 Å². The minimum Gasteiger partial charge on any atom is -0.483 e. The van der Waals surface area contributed by atoms with Gasteiger partial charge in [-0.25, -0.2) is 4.90 Å². The van der Waals surface area contributed by atoms with E-state index in [9.17, 15) is 14.4 Å². The van der Waals surface area contributed by atoms with Gasteiger partial charge in [-0.15, -0.1) is 0 Å². The maximum atomic E-state index is 13.6. The molecular weight excluding hydrogens is 466 g/mol. The SMILES string of the molecule is CC1C(=O)N(C(=O)[C@H](C)NC(=O)COc2cccc3ccccc23)c2cccc(N)c2-c2ccccc21. The van der Waals surface area contributed by atoms with Gasteiger partial charge in [0.15, 0.2) is 6.61 Å². The molecule has 4 aromatic carbocycles. The molecular formula is C30H27N3O4. The highest BCUT2D eigenvalue weighted by Gasteiger charge is 2.37. The lowest BCUT2D eigenvalue weighted by Crippen LogP contribution is -2.51. The first-order chi connectivity index (χ1) is 17.9. The Hall–Kier alpha value is -4.65. The third-order valence-electron chi connectivity index (χ3n) is 6.68. The molecule has 2 atom stereocenters. The molecule has 0 radical (unpaired) electrons. The van der Waals surface area contributed by atoms with Crippen molar-refractivity contribution in [3.8, 4) is 16.9 Å². The van der Waals surface area contributed by atoms with Crippen molar-refractivity contribution in [1.82, 2.24) is 5.32 Å². The van der Waals surface area contributed by atoms with Crippen molar-refractivity contribution in [3.05, 3.63) is 90.5 Å². The number of nitrogens with zero attached hydrogens (tertiary/aromatic N) is 1. The van der Waals surface area contributed by atoms with E-state index in [1.807, 2.05) is 60.7 Å². The molecule has 0 aromatic heterocycles. The second-order valence-electron chi connectivity index (χ2n) is 9.12. The Balaban J connectivity index is 1.37. The lowest BCUT2D eigenvalue weighted by molar-refractivity contribution is -0.131. The maximum absolute atomic E-state index is 13.6. The van der Waals surface area contributed by atoms with Crippen molar-refractivity contribution in [2.24, 2.45) is 0 Å². The highest BCUT2D eigenvalue weighted by Crippen LogP contribution is 2.44. The summed E-state index contributed by atoms with van der Waals surface area (Å²) >= 11 is 0. The molecule has 1 aliphatic heterocycles. The molecule has 37 heavy (non-hydrogen) atoms. The molecule has 0 spiro atoms. The summed E-state index contributed by atoms with van der Waals surface area (Å²) in [5.41, 5.74) is 9.43. The average Bonchev–Trinajstić information content (AvgIpc) is 3.00. The largest absolute Gasteiger partial charge is 0.483 e. The van der Waals surface area contributed by atoms with Crippen molar-refractivity contribution < 1.29 is 19.1 Å². The van der Waals surface area contributed by atoms with Crippen LogP contribution in [0.2, 0.25) is 0 Å². The number of rotatable bonds is 5. The van der Waals surface area contributed by atoms with Gasteiger partial charge in [-0.1, -0.05) is 66.7 Å². The number of nitrogens with one attached hydrogen (secondary N) is 1. The number of hydrogen-bond donors (Lipinski definition) is 2. The van der Waals surface area contributed by atoms with E-state index >= 15 is 0 Å². The number of anilines is 2. The maximum Gasteiger partial charge on any atom is 0.258 e. The fourth-order valence-electron chi connectivity index (χ4n) is 4.82. The monoisotopic (exact) mass is 493 g/mol. The van der Waals surface area contributed by atoms with Gasteiger partial charge >= 0.3 is 0 Å². The van der Waals surface area contributed by atoms with Crippen molar-refractivity contribution in [2.75, 3.05) is 17.2 Å². The third kappa shape index (κ3) is 4.40. The predicted octanol–water partition coefficient (Wildman–Crippen LogP) is 4.65. The van der Waals surface area contributed by atoms with E-state index in [0.717, 1.165) is 26.8 Å². The summed E-state index contributed by atoms with van der Waals surface area (Å²) in [4.78, 5) is 41.1. The molecule has 0 saturated carbocycles. The number of carbonyl (C=O) groups is 3. The van der Waals surface area contributed by atoms with Crippen LogP contribution in [0.5, 0.6) is 5.75 Å². The standard InChI is InChI=1S/C30H27N3O4/c1-18-21-11-5-6-13-23(21)28-24(31)14-8-15-25(28)33(29(18)35)30(36)19(2)32-27(34)17-37-26-16-7-10-20-9-3-4-12-22(20)26/h3-16,18-19H,17,31H2,1-2H3,(H,32,34)/t18?,19-/m0/s1. The van der Waals surface area contributed by atoms with E-state index in [1.54, 1.807) is 38.1 Å². The first-order valence-electron chi connectivity index (χ1n) is 12.1. The molecule has 0 bridgehead atoms. The Labute approximate surface area is 214 Å². The van der Waals surface area contributed by atoms with Gasteiger partial charge in [-0.3, -0.25) is 14.4 Å². The van der Waals surface area contributed by atoms with Gasteiger partial charge in [0.1, 0.15) is 11.8 Å². The van der Waals surface area contributed by atoms with E-state index in [2.05, 4.69) is 5.32 Å². The minimum atomic E-state index is -0.977. The van der Waals surface area contributed by atoms with E-state index in [0.29, 0.717) is 22.7 Å². The van der Waals surface area contributed by atoms with Crippen LogP contribution in [0.1, 0.15) is 25.3 Å². The summed E-state index contributed by atoms with van der Waals surface area (Å²) in [5.74, 6) is -1.40. The van der Waals surface area contributed by atoms with Crippen LogP contribution in [0.3, 0.4) is 0 Å². The fraction of sp³-hybridized carbons (Fsp3) is 0.167. The van der Waals surface area contributed by atoms with Crippen LogP contribution in [0.25, 0.3) is 21.9 Å². The minimum absolute atomic E-state index is 0.273. The second kappa shape index (κ2) is 9.78. The predicted molar refractivity (Wildman–Crippen MR) is 144 cm³/mol. The van der Waals surface area contributed by atoms with Crippen LogP contribution < -0.4 is 20.7 Å². The molecule has 7 heteroatoms. The van der Waals surface area contributed by atoms with Crippen molar-refractivity contribution in [3.63, 3.8) is 0 Å². The van der Waals surface area contributed by atoms with Gasteiger partial charge < -0.3 is 15.8 Å². The van der Waals surface area contributed by atoms with Crippen LogP contribution in [-0.4, -0.2) is 30.4 Å². The smallest absolute Gasteiger partial charge is 0.258 e. The molecule has 0 saturated heterocycles. The molecule has 5 rings (SSSR count). The second-order valence-corrected chi connectivity index (χ2v) is 9.12. The number of ether oxygens (including phenoxy) is 1. The number of nitrogens with two attached hydrogens (primary N) is 1. The van der Waals surface area contributed by atoms with Crippen LogP contribution in [-0.2, 0) is 14.4 Å². The molecule has 0 fully saturated rings. The molecule has 3 amide bonds. The zero-order valence-electron chi connectivity index (χ0n) is 20.6. The van der Waals surface area contributed by atoms with Gasteiger partial charge in [-0.05, 0) is 48.6 Å². The number of carbonyl (C=O) groups excluding carboxylic acids is 3. The quantitative estimate of drug-likeness (QED) is 0.394. The van der Waals surface area contributed by atoms with Crippen molar-refractivity contribution in [1.29, 1.82) is 0 Å². The fourth-order valence-corrected chi connectivity index (χ4v) is 4.82. The van der Waals surface area contributed by atoms with Gasteiger partial charge in [0.05, 0.1) is 11.6 Å². The number of fused-ring (bicyclic) bond motifs is 4. The van der Waals surface area contributed by atoms with E-state index in [4.69, 9.17) is 10.5 Å². The topological polar surface area (TPSA) is 102 Å². The number of imide groups is 1. The first kappa shape index (κ1) is 24.1. The number of amides is 3. The van der Waals surface area contributed by atoms with Crippen LogP contribution in [0, 0.1) is 0 Å². The van der Waals surface area contributed by atoms with Crippen LogP contribution in [0.4, 0.5) is 11.4 Å². The highest BCUT2D eigenvalue weighted by molar-refractivity contribution is 6.22. The summed E-state index contributed by atoms with van der Waals surface area (Å²) in [7, 11) is 0. The summed E-state index contributed by atoms with van der Waals surface area (Å²) in [6, 6.07) is 25.0. The zero-order valence-corrected chi connectivity index (χ0v) is 20.6. The Morgan fingerprint density at radius 3 is 2.51 bits per heavy atom. The van der Waals surface area contributed by atoms with E-state index in [1.165, 1.54) is 0 Å². The van der Waals surface area contributed by atoms with E-state index in [-0.39, 0.29) is 12.5 Å². The first-order valence-corrected chi connectivity index (χ1v) is 12.1. The van der Waals surface area contributed by atoms with Crippen LogP contribution in [0.15, 0.2) is 84.9 Å². The molecule has 0 aliphatic carbocycles. The Kier molecular flexibility index (Phi) is 6.36. The zero-order chi connectivity index (χ0) is 26.1. The molecule has 3 N–H and O–H groups in total. The Morgan fingerprint density at radius 2 is 1.68 bits per heavy atom. The molecule has 1 heterocycles. The number of hydrogen-bond acceptors (Lipinski definition) is 5. The van der Waals surface area contributed by atoms with E-state index < -0.39 is 23.8 Å². The van der Waals surface area contributed by atoms with Gasteiger partial charge in [0.2, 0.25) is 5.91 Å². The van der Waals surface area contributed by atoms with Gasteiger partial charge in [-0.2, -0.15) is 0 Å². The molecule has 186 valence electrons. The third-order valence-corrected chi connectivity index (χ3v) is 6.68. The number of benzene rings is 4. The van der Waals surface area contributed by atoms with Gasteiger partial charge in [0, 0.05) is 16.6 Å².